The summed E-state index contributed by atoms with van der Waals surface area (Å²) < 4.78 is 0. The van der Waals surface area contributed by atoms with Crippen LogP contribution in [0.25, 0.3) is 0 Å². The molecule has 1 aromatic carbocycles. The van der Waals surface area contributed by atoms with Crippen molar-refractivity contribution in [3.05, 3.63) is 28.8 Å². The van der Waals surface area contributed by atoms with Crippen molar-refractivity contribution in [1.29, 1.82) is 0 Å². The van der Waals surface area contributed by atoms with Gasteiger partial charge in [0.15, 0.2) is 6.54 Å². The summed E-state index contributed by atoms with van der Waals surface area (Å²) >= 11 is 6.14. The van der Waals surface area contributed by atoms with Gasteiger partial charge in [0.25, 0.3) is 5.91 Å². The van der Waals surface area contributed by atoms with Crippen molar-refractivity contribution in [1.82, 2.24) is 0 Å². The van der Waals surface area contributed by atoms with Crippen molar-refractivity contribution in [2.24, 2.45) is 11.8 Å². The van der Waals surface area contributed by atoms with Crippen LogP contribution in [-0.4, -0.2) is 25.5 Å². The van der Waals surface area contributed by atoms with Crippen molar-refractivity contribution in [3.63, 3.8) is 0 Å². The molecule has 1 unspecified atom stereocenters. The fraction of sp³-hybridized carbons (Fsp3) is 0.562. The second kappa shape index (κ2) is 6.59. The molecule has 110 valence electrons. The number of quaternary nitrogens is 1. The molecule has 0 aromatic heterocycles. The summed E-state index contributed by atoms with van der Waals surface area (Å²) in [5.74, 6) is 1.45. The number of carbonyl (C=O) groups excluding carboxylic acids is 1. The van der Waals surface area contributed by atoms with E-state index in [9.17, 15) is 4.79 Å². The predicted octanol–water partition coefficient (Wildman–Crippen LogP) is 2.15. The Balaban J connectivity index is 1.92. The van der Waals surface area contributed by atoms with E-state index in [1.807, 2.05) is 25.1 Å². The third-order valence-corrected chi connectivity index (χ3v) is 4.20. The number of hydrogen-bond acceptors (Lipinski definition) is 1. The highest BCUT2D eigenvalue weighted by molar-refractivity contribution is 6.33. The molecule has 1 saturated heterocycles. The molecule has 2 N–H and O–H groups in total. The number of amides is 1. The Kier molecular flexibility index (Phi) is 5.06. The summed E-state index contributed by atoms with van der Waals surface area (Å²) in [5, 5.41) is 3.53. The van der Waals surface area contributed by atoms with E-state index in [4.69, 9.17) is 11.6 Å². The lowest BCUT2D eigenvalue weighted by Crippen LogP contribution is -3.15. The fourth-order valence-corrected chi connectivity index (χ4v) is 3.49. The quantitative estimate of drug-likeness (QED) is 0.880. The number of likely N-dealkylation sites (tertiary alicyclic amines) is 1. The molecular weight excluding hydrogens is 272 g/mol. The molecule has 0 bridgehead atoms. The van der Waals surface area contributed by atoms with Crippen LogP contribution in [0.2, 0.25) is 5.02 Å². The van der Waals surface area contributed by atoms with Gasteiger partial charge in [-0.3, -0.25) is 4.79 Å². The van der Waals surface area contributed by atoms with Crippen LogP contribution in [0.4, 0.5) is 5.69 Å². The molecule has 3 atom stereocenters. The van der Waals surface area contributed by atoms with Crippen molar-refractivity contribution in [3.8, 4) is 0 Å². The molecule has 0 aliphatic carbocycles. The van der Waals surface area contributed by atoms with Crippen LogP contribution in [0, 0.1) is 18.8 Å². The van der Waals surface area contributed by atoms with Crippen LogP contribution in [0.5, 0.6) is 0 Å². The summed E-state index contributed by atoms with van der Waals surface area (Å²) in [6.07, 6.45) is 1.27. The minimum absolute atomic E-state index is 0.0482. The first kappa shape index (κ1) is 15.3. The van der Waals surface area contributed by atoms with Gasteiger partial charge in [-0.1, -0.05) is 31.5 Å². The Labute approximate surface area is 126 Å². The third kappa shape index (κ3) is 4.22. The summed E-state index contributed by atoms with van der Waals surface area (Å²) in [6, 6.07) is 5.70. The SMILES string of the molecule is Cc1ccc(NC(=O)C[NH+]2C[C@H](C)C[C@H](C)C2)c(Cl)c1. The number of nitrogens with one attached hydrogen (secondary N) is 2. The molecule has 20 heavy (non-hydrogen) atoms. The minimum atomic E-state index is 0.0482. The molecule has 1 aromatic rings. The van der Waals surface area contributed by atoms with E-state index in [0.29, 0.717) is 29.1 Å². The monoisotopic (exact) mass is 295 g/mol. The maximum atomic E-state index is 12.1. The Hall–Kier alpha value is -1.06. The van der Waals surface area contributed by atoms with Gasteiger partial charge in [0.1, 0.15) is 0 Å². The number of aryl methyl sites for hydroxylation is 1. The van der Waals surface area contributed by atoms with Crippen LogP contribution < -0.4 is 10.2 Å². The summed E-state index contributed by atoms with van der Waals surface area (Å²) in [7, 11) is 0. The molecule has 1 aliphatic rings. The zero-order valence-corrected chi connectivity index (χ0v) is 13.3. The van der Waals surface area contributed by atoms with Gasteiger partial charge in [-0.25, -0.2) is 0 Å². The first-order chi connectivity index (χ1) is 9.44. The maximum Gasteiger partial charge on any atom is 0.279 e. The standard InChI is InChI=1S/C16H23ClN2O/c1-11-4-5-15(14(17)7-11)18-16(20)10-19-8-12(2)6-13(3)9-19/h4-5,7,12-13H,6,8-10H2,1-3H3,(H,18,20)/p+1/t12-,13+. The predicted molar refractivity (Wildman–Crippen MR) is 83.3 cm³/mol. The molecule has 1 heterocycles. The minimum Gasteiger partial charge on any atom is -0.327 e. The molecule has 3 nitrogen and oxygen atoms in total. The van der Waals surface area contributed by atoms with Crippen LogP contribution >= 0.6 is 11.6 Å². The average molecular weight is 296 g/mol. The highest BCUT2D eigenvalue weighted by Gasteiger charge is 2.26. The number of anilines is 1. The molecule has 2 rings (SSSR count). The highest BCUT2D eigenvalue weighted by atomic mass is 35.5. The molecule has 4 heteroatoms. The van der Waals surface area contributed by atoms with Gasteiger partial charge >= 0.3 is 0 Å². The number of piperidine rings is 1. The largest absolute Gasteiger partial charge is 0.327 e. The van der Waals surface area contributed by atoms with Crippen LogP contribution in [0.3, 0.4) is 0 Å². The average Bonchev–Trinajstić information content (AvgIpc) is 2.31. The van der Waals surface area contributed by atoms with Gasteiger partial charge in [-0.2, -0.15) is 0 Å². The van der Waals surface area contributed by atoms with Crippen LogP contribution in [0.15, 0.2) is 18.2 Å². The van der Waals surface area contributed by atoms with E-state index in [0.717, 1.165) is 18.7 Å². The molecule has 0 spiro atoms. The van der Waals surface area contributed by atoms with Gasteiger partial charge in [0, 0.05) is 11.8 Å². The smallest absolute Gasteiger partial charge is 0.279 e. The number of halogens is 1. The number of rotatable bonds is 3. The van der Waals surface area contributed by atoms with Crippen LogP contribution in [0.1, 0.15) is 25.8 Å². The molecule has 1 fully saturated rings. The summed E-state index contributed by atoms with van der Waals surface area (Å²) in [6.45, 7) is 9.21. The lowest BCUT2D eigenvalue weighted by atomic mass is 9.92. The van der Waals surface area contributed by atoms with Crippen molar-refractivity contribution in [2.75, 3.05) is 25.0 Å². The molecule has 0 saturated carbocycles. The van der Waals surface area contributed by atoms with E-state index >= 15 is 0 Å². The highest BCUT2D eigenvalue weighted by Crippen LogP contribution is 2.22. The summed E-state index contributed by atoms with van der Waals surface area (Å²) in [4.78, 5) is 13.5. The summed E-state index contributed by atoms with van der Waals surface area (Å²) in [5.41, 5.74) is 1.80. The van der Waals surface area contributed by atoms with Crippen molar-refractivity contribution < 1.29 is 9.69 Å². The van der Waals surface area contributed by atoms with Gasteiger partial charge in [-0.15, -0.1) is 0 Å². The van der Waals surface area contributed by atoms with Gasteiger partial charge in [0.05, 0.1) is 23.8 Å². The molecule has 0 radical (unpaired) electrons. The van der Waals surface area contributed by atoms with Crippen molar-refractivity contribution in [2.45, 2.75) is 27.2 Å². The molecule has 1 amide bonds. The molecular formula is C16H24ClN2O+. The van der Waals surface area contributed by atoms with Gasteiger partial charge in [-0.05, 0) is 31.0 Å². The molecule has 1 aliphatic heterocycles. The van der Waals surface area contributed by atoms with E-state index in [1.54, 1.807) is 0 Å². The second-order valence-corrected chi connectivity index (χ2v) is 6.72. The fourth-order valence-electron chi connectivity index (χ4n) is 3.21. The zero-order valence-electron chi connectivity index (χ0n) is 12.5. The van der Waals surface area contributed by atoms with Gasteiger partial charge < -0.3 is 10.2 Å². The van der Waals surface area contributed by atoms with E-state index in [1.165, 1.54) is 11.3 Å². The topological polar surface area (TPSA) is 33.5 Å². The lowest BCUT2D eigenvalue weighted by molar-refractivity contribution is -0.904. The third-order valence-electron chi connectivity index (χ3n) is 3.89. The Morgan fingerprint density at radius 2 is 2.00 bits per heavy atom. The van der Waals surface area contributed by atoms with E-state index < -0.39 is 0 Å². The first-order valence-corrected chi connectivity index (χ1v) is 7.71. The van der Waals surface area contributed by atoms with Crippen LogP contribution in [-0.2, 0) is 4.79 Å². The Bertz CT molecular complexity index is 479. The lowest BCUT2D eigenvalue weighted by Gasteiger charge is -2.31. The number of carbonyl (C=O) groups is 1. The first-order valence-electron chi connectivity index (χ1n) is 7.33. The normalized spacial score (nSPS) is 26.3. The maximum absolute atomic E-state index is 12.1. The Morgan fingerprint density at radius 3 is 2.60 bits per heavy atom. The Morgan fingerprint density at radius 1 is 1.35 bits per heavy atom. The van der Waals surface area contributed by atoms with E-state index in [2.05, 4.69) is 19.2 Å². The number of benzene rings is 1. The van der Waals surface area contributed by atoms with Gasteiger partial charge in [0.2, 0.25) is 0 Å². The second-order valence-electron chi connectivity index (χ2n) is 6.31. The van der Waals surface area contributed by atoms with E-state index in [-0.39, 0.29) is 5.91 Å². The number of hydrogen-bond donors (Lipinski definition) is 2. The van der Waals surface area contributed by atoms with Crippen molar-refractivity contribution >= 4 is 23.2 Å². The zero-order chi connectivity index (χ0) is 14.7.